The quantitative estimate of drug-likeness (QED) is 0.0876. The Morgan fingerprint density at radius 2 is 1.13 bits per heavy atom. The van der Waals surface area contributed by atoms with Gasteiger partial charge < -0.3 is 0 Å². The SMILES string of the molecule is C[N+](C)(CCCNC(=O)c1cc(S)cc(S)c1)CCC[PH](c1ccccc1)(c1ccccc1)c1ccccc1. The van der Waals surface area contributed by atoms with E-state index in [1.165, 1.54) is 15.9 Å². The number of nitrogens with one attached hydrogen (secondary N) is 1. The number of quaternary nitrogens is 1. The summed E-state index contributed by atoms with van der Waals surface area (Å²) in [5.41, 5.74) is 0.602. The third kappa shape index (κ3) is 7.77. The summed E-state index contributed by atoms with van der Waals surface area (Å²) in [5.74, 6) is -0.0733. The Morgan fingerprint density at radius 3 is 1.59 bits per heavy atom. The molecule has 204 valence electrons. The summed E-state index contributed by atoms with van der Waals surface area (Å²) in [6.45, 7) is 2.73. The number of rotatable bonds is 12. The van der Waals surface area contributed by atoms with Gasteiger partial charge in [-0.2, -0.15) is 0 Å². The average Bonchev–Trinajstić information content (AvgIpc) is 2.94. The van der Waals surface area contributed by atoms with Crippen molar-refractivity contribution in [2.45, 2.75) is 22.6 Å². The van der Waals surface area contributed by atoms with Crippen LogP contribution in [-0.4, -0.2) is 50.3 Å². The fourth-order valence-corrected chi connectivity index (χ4v) is 11.0. The van der Waals surface area contributed by atoms with E-state index >= 15 is 0 Å². The van der Waals surface area contributed by atoms with Crippen molar-refractivity contribution in [3.63, 3.8) is 0 Å². The first-order chi connectivity index (χ1) is 18.8. The van der Waals surface area contributed by atoms with Crippen LogP contribution in [0.25, 0.3) is 0 Å². The van der Waals surface area contributed by atoms with Crippen LogP contribution in [0.5, 0.6) is 0 Å². The van der Waals surface area contributed by atoms with Crippen LogP contribution in [0.2, 0.25) is 0 Å². The first-order valence-electron chi connectivity index (χ1n) is 13.6. The summed E-state index contributed by atoms with van der Waals surface area (Å²) in [5, 5.41) is 7.45. The minimum absolute atomic E-state index is 0.0733. The van der Waals surface area contributed by atoms with Crippen LogP contribution in [-0.2, 0) is 0 Å². The molecule has 4 aromatic carbocycles. The van der Waals surface area contributed by atoms with Gasteiger partial charge in [-0.15, -0.1) is 25.3 Å². The molecule has 0 radical (unpaired) electrons. The molecule has 0 saturated heterocycles. The molecule has 6 heteroatoms. The number of thiol groups is 2. The van der Waals surface area contributed by atoms with E-state index in [2.05, 4.69) is 136 Å². The second kappa shape index (κ2) is 13.7. The summed E-state index contributed by atoms with van der Waals surface area (Å²) < 4.78 is 0.922. The summed E-state index contributed by atoms with van der Waals surface area (Å²) in [7, 11) is 2.40. The van der Waals surface area contributed by atoms with E-state index in [0.717, 1.165) is 46.4 Å². The number of carbonyl (C=O) groups excluding carboxylic acids is 1. The van der Waals surface area contributed by atoms with Crippen molar-refractivity contribution in [1.29, 1.82) is 0 Å². The van der Waals surface area contributed by atoms with E-state index < -0.39 is 7.26 Å². The molecule has 39 heavy (non-hydrogen) atoms. The normalized spacial score (nSPS) is 12.2. The van der Waals surface area contributed by atoms with Gasteiger partial charge in [0.1, 0.15) is 0 Å². The molecule has 0 saturated carbocycles. The number of hydrogen-bond acceptors (Lipinski definition) is 3. The predicted octanol–water partition coefficient (Wildman–Crippen LogP) is 5.58. The van der Waals surface area contributed by atoms with E-state index in [1.807, 2.05) is 6.07 Å². The van der Waals surface area contributed by atoms with Gasteiger partial charge in [-0.05, 0) is 6.07 Å². The average molecular weight is 576 g/mol. The molecular formula is C33H40N2OPS2+. The van der Waals surface area contributed by atoms with E-state index in [1.54, 1.807) is 12.1 Å². The fraction of sp³-hybridized carbons (Fsp3) is 0.242. The molecule has 0 fully saturated rings. The third-order valence-corrected chi connectivity index (χ3v) is 13.1. The first-order valence-corrected chi connectivity index (χ1v) is 16.7. The zero-order valence-corrected chi connectivity index (χ0v) is 25.7. The molecule has 4 rings (SSSR count). The Balaban J connectivity index is 1.42. The van der Waals surface area contributed by atoms with Gasteiger partial charge in [0.2, 0.25) is 0 Å². The van der Waals surface area contributed by atoms with Gasteiger partial charge in [0.15, 0.2) is 0 Å². The Kier molecular flexibility index (Phi) is 10.3. The van der Waals surface area contributed by atoms with Gasteiger partial charge >= 0.3 is 215 Å². The molecule has 0 aliphatic carbocycles. The molecule has 0 spiro atoms. The van der Waals surface area contributed by atoms with Crippen LogP contribution in [0.4, 0.5) is 0 Å². The fourth-order valence-electron chi connectivity index (χ4n) is 5.52. The molecule has 3 nitrogen and oxygen atoms in total. The zero-order chi connectivity index (χ0) is 27.7. The van der Waals surface area contributed by atoms with Crippen LogP contribution in [0, 0.1) is 0 Å². The Morgan fingerprint density at radius 1 is 0.692 bits per heavy atom. The van der Waals surface area contributed by atoms with Crippen LogP contribution < -0.4 is 21.2 Å². The number of carbonyl (C=O) groups is 1. The molecule has 1 N–H and O–H groups in total. The number of benzene rings is 4. The van der Waals surface area contributed by atoms with Gasteiger partial charge in [-0.25, -0.2) is 0 Å². The van der Waals surface area contributed by atoms with Gasteiger partial charge in [0.25, 0.3) is 0 Å². The Labute approximate surface area is 245 Å². The van der Waals surface area contributed by atoms with Gasteiger partial charge in [-0.3, -0.25) is 0 Å². The maximum atomic E-state index is 12.6. The molecule has 1 amide bonds. The van der Waals surface area contributed by atoms with Crippen molar-refractivity contribution in [2.24, 2.45) is 0 Å². The molecule has 0 heterocycles. The molecule has 0 atom stereocenters. The molecule has 0 bridgehead atoms. The number of amides is 1. The Bertz CT molecular complexity index is 1230. The van der Waals surface area contributed by atoms with Crippen molar-refractivity contribution >= 4 is 54.3 Å². The molecule has 4 aromatic rings. The van der Waals surface area contributed by atoms with E-state index in [0.29, 0.717) is 12.1 Å². The zero-order valence-electron chi connectivity index (χ0n) is 22.9. The molecule has 0 unspecified atom stereocenters. The monoisotopic (exact) mass is 575 g/mol. The summed E-state index contributed by atoms with van der Waals surface area (Å²) in [6.07, 6.45) is 3.20. The van der Waals surface area contributed by atoms with E-state index in [4.69, 9.17) is 0 Å². The van der Waals surface area contributed by atoms with E-state index in [-0.39, 0.29) is 5.91 Å². The minimum atomic E-state index is -2.20. The van der Waals surface area contributed by atoms with E-state index in [9.17, 15) is 4.79 Å². The summed E-state index contributed by atoms with van der Waals surface area (Å²) >= 11 is 8.72. The van der Waals surface area contributed by atoms with Gasteiger partial charge in [0.05, 0.1) is 0 Å². The molecular weight excluding hydrogens is 535 g/mol. The predicted molar refractivity (Wildman–Crippen MR) is 176 cm³/mol. The van der Waals surface area contributed by atoms with Gasteiger partial charge in [0, 0.05) is 0 Å². The van der Waals surface area contributed by atoms with Crippen molar-refractivity contribution in [3.8, 4) is 0 Å². The van der Waals surface area contributed by atoms with Crippen molar-refractivity contribution < 1.29 is 9.28 Å². The summed E-state index contributed by atoms with van der Waals surface area (Å²) in [6, 6.07) is 38.8. The van der Waals surface area contributed by atoms with Crippen LogP contribution in [0.15, 0.2) is 119 Å². The van der Waals surface area contributed by atoms with Crippen molar-refractivity contribution in [1.82, 2.24) is 5.32 Å². The maximum absolute atomic E-state index is 12.6. The molecule has 0 aliphatic rings. The first kappa shape index (κ1) is 29.4. The summed E-state index contributed by atoms with van der Waals surface area (Å²) in [4.78, 5) is 14.1. The van der Waals surface area contributed by atoms with Crippen LogP contribution in [0.3, 0.4) is 0 Å². The third-order valence-electron chi connectivity index (χ3n) is 7.51. The Hall–Kier alpha value is -2.56. The number of nitrogens with zero attached hydrogens (tertiary/aromatic N) is 1. The topological polar surface area (TPSA) is 29.1 Å². The van der Waals surface area contributed by atoms with Gasteiger partial charge in [-0.1, -0.05) is 0 Å². The van der Waals surface area contributed by atoms with Crippen molar-refractivity contribution in [3.05, 3.63) is 115 Å². The molecule has 0 aliphatic heterocycles. The van der Waals surface area contributed by atoms with Crippen LogP contribution in [0.1, 0.15) is 23.2 Å². The van der Waals surface area contributed by atoms with Crippen molar-refractivity contribution in [2.75, 3.05) is 39.9 Å². The number of hydrogen-bond donors (Lipinski definition) is 3. The second-order valence-corrected chi connectivity index (χ2v) is 15.9. The second-order valence-electron chi connectivity index (χ2n) is 10.8. The standard InChI is InChI=1S/C33H39N2OPS2/c1-35(2,21-12-20-34-33(36)27-24-31(38)26-32(39)25-27)22-13-23-37(28-14-6-3-7-15-28,29-16-8-4-9-17-29)30-18-10-5-11-19-30/h3-11,14-19,24-26,37H,12-13,20-23H2,1-2H3,(H2-,34,36,38,39)/p+1. The van der Waals surface area contributed by atoms with Crippen LogP contribution >= 0.6 is 32.5 Å². The molecule has 0 aromatic heterocycles.